The van der Waals surface area contributed by atoms with E-state index in [0.29, 0.717) is 5.33 Å². The minimum Gasteiger partial charge on any atom is -0.255 e. The zero-order valence-corrected chi connectivity index (χ0v) is 11.4. The van der Waals surface area contributed by atoms with Gasteiger partial charge in [-0.2, -0.15) is 5.10 Å². The highest BCUT2D eigenvalue weighted by atomic mass is 79.9. The largest absolute Gasteiger partial charge is 0.259 e. The van der Waals surface area contributed by atoms with Crippen LogP contribution in [0.5, 0.6) is 0 Å². The summed E-state index contributed by atoms with van der Waals surface area (Å²) in [6, 6.07) is -0.207. The molecule has 0 saturated carbocycles. The van der Waals surface area contributed by atoms with E-state index in [2.05, 4.69) is 25.8 Å². The van der Waals surface area contributed by atoms with Crippen molar-refractivity contribution in [3.63, 3.8) is 0 Å². The molecule has 86 valence electrons. The molecule has 1 heterocycles. The number of hydrogen-bond donors (Lipinski definition) is 1. The fourth-order valence-corrected chi connectivity index (χ4v) is 3.33. The molecule has 1 unspecified atom stereocenters. The highest BCUT2D eigenvalue weighted by Crippen LogP contribution is 2.19. The first-order valence-corrected chi connectivity index (χ1v) is 7.12. The van der Waals surface area contributed by atoms with Crippen molar-refractivity contribution in [2.45, 2.75) is 18.0 Å². The normalized spacial score (nSPS) is 14.1. The monoisotopic (exact) mass is 315 g/mol. The van der Waals surface area contributed by atoms with E-state index >= 15 is 0 Å². The first-order valence-electron chi connectivity index (χ1n) is 4.14. The van der Waals surface area contributed by atoms with Crippen LogP contribution in [0.15, 0.2) is 11.2 Å². The molecule has 0 bridgehead atoms. The fraction of sp³-hybridized carbons (Fsp3) is 0.571. The maximum absolute atomic E-state index is 11.8. The lowest BCUT2D eigenvalue weighted by molar-refractivity contribution is 0.554. The summed E-state index contributed by atoms with van der Waals surface area (Å²) in [7, 11) is -2.07. The molecule has 5 nitrogen and oxygen atoms in total. The topological polar surface area (TPSA) is 64.0 Å². The summed E-state index contributed by atoms with van der Waals surface area (Å²) in [4.78, 5) is 0. The SMILES string of the molecule is CC(CBr)NS(=O)(=O)c1c(Cl)cnn1C. The Balaban J connectivity index is 3.07. The number of alkyl halides is 1. The van der Waals surface area contributed by atoms with Gasteiger partial charge in [-0.3, -0.25) is 4.68 Å². The maximum Gasteiger partial charge on any atom is 0.259 e. The average molecular weight is 317 g/mol. The highest BCUT2D eigenvalue weighted by molar-refractivity contribution is 9.09. The van der Waals surface area contributed by atoms with Crippen molar-refractivity contribution >= 4 is 37.6 Å². The molecule has 0 aliphatic heterocycles. The first-order chi connectivity index (χ1) is 6.88. The van der Waals surface area contributed by atoms with Crippen LogP contribution in [-0.2, 0) is 17.1 Å². The van der Waals surface area contributed by atoms with Crippen molar-refractivity contribution in [3.8, 4) is 0 Å². The Morgan fingerprint density at radius 1 is 1.73 bits per heavy atom. The van der Waals surface area contributed by atoms with Crippen LogP contribution in [0.2, 0.25) is 5.02 Å². The summed E-state index contributed by atoms with van der Waals surface area (Å²) < 4.78 is 27.4. The van der Waals surface area contributed by atoms with Gasteiger partial charge in [-0.25, -0.2) is 13.1 Å². The van der Waals surface area contributed by atoms with Gasteiger partial charge >= 0.3 is 0 Å². The fourth-order valence-electron chi connectivity index (χ4n) is 1.05. The predicted molar refractivity (Wildman–Crippen MR) is 61.8 cm³/mol. The van der Waals surface area contributed by atoms with Crippen LogP contribution in [0.1, 0.15) is 6.92 Å². The molecular formula is C7H11BrClN3O2S. The molecule has 1 N–H and O–H groups in total. The van der Waals surface area contributed by atoms with Crippen LogP contribution < -0.4 is 4.72 Å². The van der Waals surface area contributed by atoms with Gasteiger partial charge in [-0.15, -0.1) is 0 Å². The zero-order valence-electron chi connectivity index (χ0n) is 8.24. The van der Waals surface area contributed by atoms with E-state index in [0.717, 1.165) is 0 Å². The van der Waals surface area contributed by atoms with Crippen LogP contribution in [0.25, 0.3) is 0 Å². The van der Waals surface area contributed by atoms with E-state index < -0.39 is 10.0 Å². The van der Waals surface area contributed by atoms with Crippen LogP contribution in [-0.4, -0.2) is 29.6 Å². The van der Waals surface area contributed by atoms with Gasteiger partial charge in [0.05, 0.1) is 11.2 Å². The van der Waals surface area contributed by atoms with E-state index in [-0.39, 0.29) is 16.1 Å². The number of aromatic nitrogens is 2. The minimum absolute atomic E-state index is 0.0167. The van der Waals surface area contributed by atoms with Crippen LogP contribution in [0, 0.1) is 0 Å². The van der Waals surface area contributed by atoms with E-state index in [9.17, 15) is 8.42 Å². The summed E-state index contributed by atoms with van der Waals surface area (Å²) in [5, 5.41) is 4.40. The molecule has 0 aliphatic rings. The molecule has 0 amide bonds. The Kier molecular flexibility index (Phi) is 4.16. The van der Waals surface area contributed by atoms with Gasteiger partial charge in [0.25, 0.3) is 10.0 Å². The Bertz CT molecular complexity index is 426. The molecule has 1 rings (SSSR count). The number of nitrogens with zero attached hydrogens (tertiary/aromatic N) is 2. The number of nitrogens with one attached hydrogen (secondary N) is 1. The molecule has 15 heavy (non-hydrogen) atoms. The second kappa shape index (κ2) is 4.82. The van der Waals surface area contributed by atoms with E-state index in [1.807, 2.05) is 0 Å². The Morgan fingerprint density at radius 3 is 2.73 bits per heavy atom. The third-order valence-corrected chi connectivity index (χ3v) is 4.75. The summed E-state index contributed by atoms with van der Waals surface area (Å²) in [5.41, 5.74) is 0. The van der Waals surface area contributed by atoms with Gasteiger partial charge in [0, 0.05) is 18.4 Å². The molecule has 1 atom stereocenters. The third-order valence-electron chi connectivity index (χ3n) is 1.68. The summed E-state index contributed by atoms with van der Waals surface area (Å²) >= 11 is 8.93. The van der Waals surface area contributed by atoms with Gasteiger partial charge in [-0.1, -0.05) is 27.5 Å². The molecule has 0 radical (unpaired) electrons. The van der Waals surface area contributed by atoms with Crippen molar-refractivity contribution in [2.24, 2.45) is 7.05 Å². The summed E-state index contributed by atoms with van der Waals surface area (Å²) in [6.45, 7) is 1.75. The minimum atomic E-state index is -3.60. The van der Waals surface area contributed by atoms with Crippen molar-refractivity contribution < 1.29 is 8.42 Å². The standard InChI is InChI=1S/C7H11BrClN3O2S/c1-5(3-8)11-15(13,14)7-6(9)4-10-12(7)2/h4-5,11H,3H2,1-2H3. The average Bonchev–Trinajstić information content (AvgIpc) is 2.45. The van der Waals surface area contributed by atoms with E-state index in [1.54, 1.807) is 6.92 Å². The molecule has 0 aliphatic carbocycles. The number of halogens is 2. The smallest absolute Gasteiger partial charge is 0.255 e. The Labute approximate surface area is 102 Å². The molecule has 0 fully saturated rings. The van der Waals surface area contributed by atoms with Crippen molar-refractivity contribution in [1.82, 2.24) is 14.5 Å². The quantitative estimate of drug-likeness (QED) is 0.847. The first kappa shape index (κ1) is 13.0. The molecule has 0 saturated heterocycles. The van der Waals surface area contributed by atoms with Crippen molar-refractivity contribution in [1.29, 1.82) is 0 Å². The predicted octanol–water partition coefficient (Wildman–Crippen LogP) is 1.14. The molecule has 0 spiro atoms. The lowest BCUT2D eigenvalue weighted by Gasteiger charge is -2.11. The second-order valence-electron chi connectivity index (χ2n) is 3.10. The lowest BCUT2D eigenvalue weighted by Crippen LogP contribution is -2.34. The van der Waals surface area contributed by atoms with Crippen molar-refractivity contribution in [2.75, 3.05) is 5.33 Å². The van der Waals surface area contributed by atoms with Crippen molar-refractivity contribution in [3.05, 3.63) is 11.2 Å². The third kappa shape index (κ3) is 2.93. The Morgan fingerprint density at radius 2 is 2.33 bits per heavy atom. The highest BCUT2D eigenvalue weighted by Gasteiger charge is 2.23. The second-order valence-corrected chi connectivity index (χ2v) is 5.78. The maximum atomic E-state index is 11.8. The van der Waals surface area contributed by atoms with Crippen LogP contribution in [0.3, 0.4) is 0 Å². The van der Waals surface area contributed by atoms with Gasteiger partial charge < -0.3 is 0 Å². The van der Waals surface area contributed by atoms with Crippen LogP contribution in [0.4, 0.5) is 0 Å². The molecule has 1 aromatic heterocycles. The van der Waals surface area contributed by atoms with E-state index in [4.69, 9.17) is 11.6 Å². The van der Waals surface area contributed by atoms with Gasteiger partial charge in [0.2, 0.25) is 0 Å². The zero-order chi connectivity index (χ0) is 11.6. The van der Waals surface area contributed by atoms with Gasteiger partial charge in [0.1, 0.15) is 0 Å². The Hall–Kier alpha value is -0.110. The molecule has 8 heteroatoms. The molecule has 1 aromatic rings. The van der Waals surface area contributed by atoms with E-state index in [1.165, 1.54) is 17.9 Å². The van der Waals surface area contributed by atoms with Crippen LogP contribution >= 0.6 is 27.5 Å². The van der Waals surface area contributed by atoms with Gasteiger partial charge in [-0.05, 0) is 6.92 Å². The van der Waals surface area contributed by atoms with Gasteiger partial charge in [0.15, 0.2) is 5.03 Å². The summed E-state index contributed by atoms with van der Waals surface area (Å²) in [6.07, 6.45) is 1.30. The lowest BCUT2D eigenvalue weighted by atomic mass is 10.4. The molecular weight excluding hydrogens is 306 g/mol. The number of rotatable bonds is 4. The number of hydrogen-bond acceptors (Lipinski definition) is 3. The number of aryl methyl sites for hydroxylation is 1. The number of sulfonamides is 1. The molecule has 0 aromatic carbocycles. The summed E-state index contributed by atoms with van der Waals surface area (Å²) in [5.74, 6) is 0.